The molecule has 2 aromatic heterocycles. The molecule has 7 heteroatoms. The van der Waals surface area contributed by atoms with E-state index in [0.717, 1.165) is 11.3 Å². The van der Waals surface area contributed by atoms with Gasteiger partial charge in [0.15, 0.2) is 5.82 Å². The predicted octanol–water partition coefficient (Wildman–Crippen LogP) is 5.06. The molecule has 5 rings (SSSR count). The molecule has 32 heavy (non-hydrogen) atoms. The number of benzene rings is 3. The molecular formula is C25H20N4O2S. The van der Waals surface area contributed by atoms with Gasteiger partial charge in [-0.25, -0.2) is 18.4 Å². The van der Waals surface area contributed by atoms with Gasteiger partial charge in [0.25, 0.3) is 0 Å². The van der Waals surface area contributed by atoms with E-state index in [0.29, 0.717) is 23.4 Å². The molecule has 1 N–H and O–H groups in total. The Morgan fingerprint density at radius 3 is 2.09 bits per heavy atom. The molecule has 3 aromatic carbocycles. The topological polar surface area (TPSA) is 76.9 Å². The van der Waals surface area contributed by atoms with Crippen LogP contribution in [0.3, 0.4) is 0 Å². The van der Waals surface area contributed by atoms with Gasteiger partial charge in [-0.1, -0.05) is 66.7 Å². The van der Waals surface area contributed by atoms with Crippen LogP contribution in [0.1, 0.15) is 5.56 Å². The molecule has 5 aromatic rings. The second-order valence-corrected chi connectivity index (χ2v) is 9.25. The van der Waals surface area contributed by atoms with E-state index in [1.165, 1.54) is 6.33 Å². The van der Waals surface area contributed by atoms with Crippen molar-refractivity contribution in [2.24, 2.45) is 0 Å². The number of hydrogen-bond donors (Lipinski definition) is 1. The SMILES string of the molecule is O=S(=O)(c1ccccc1)c1cn(Cc2ccccc2)c2c(Nc3ccccc3)ncnc12. The van der Waals surface area contributed by atoms with E-state index >= 15 is 0 Å². The first kappa shape index (κ1) is 20.0. The molecule has 0 saturated heterocycles. The lowest BCUT2D eigenvalue weighted by molar-refractivity contribution is 0.596. The monoisotopic (exact) mass is 440 g/mol. The summed E-state index contributed by atoms with van der Waals surface area (Å²) in [5.41, 5.74) is 2.92. The molecule has 0 amide bonds. The number of sulfone groups is 1. The van der Waals surface area contributed by atoms with Crippen molar-refractivity contribution in [3.8, 4) is 0 Å². The number of nitrogens with one attached hydrogen (secondary N) is 1. The fourth-order valence-electron chi connectivity index (χ4n) is 3.68. The van der Waals surface area contributed by atoms with Gasteiger partial charge in [-0.3, -0.25) is 0 Å². The van der Waals surface area contributed by atoms with E-state index in [4.69, 9.17) is 0 Å². The molecule has 0 spiro atoms. The number of nitrogens with zero attached hydrogens (tertiary/aromatic N) is 3. The molecule has 0 aliphatic carbocycles. The molecule has 6 nitrogen and oxygen atoms in total. The zero-order valence-corrected chi connectivity index (χ0v) is 17.9. The number of para-hydroxylation sites is 1. The Kier molecular flexibility index (Phi) is 5.17. The van der Waals surface area contributed by atoms with Crippen LogP contribution in [0.25, 0.3) is 11.0 Å². The minimum atomic E-state index is -3.77. The van der Waals surface area contributed by atoms with Gasteiger partial charge in [0, 0.05) is 18.4 Å². The number of fused-ring (bicyclic) bond motifs is 1. The van der Waals surface area contributed by atoms with Crippen molar-refractivity contribution < 1.29 is 8.42 Å². The number of rotatable bonds is 6. The molecule has 0 saturated carbocycles. The molecule has 0 aliphatic heterocycles. The van der Waals surface area contributed by atoms with E-state index in [1.807, 2.05) is 65.2 Å². The molecule has 0 aliphatic rings. The third-order valence-electron chi connectivity index (χ3n) is 5.19. The van der Waals surface area contributed by atoms with Gasteiger partial charge in [-0.2, -0.15) is 0 Å². The molecular weight excluding hydrogens is 420 g/mol. The van der Waals surface area contributed by atoms with E-state index in [1.54, 1.807) is 36.5 Å². The van der Waals surface area contributed by atoms with Crippen LogP contribution in [0, 0.1) is 0 Å². The van der Waals surface area contributed by atoms with Crippen LogP contribution < -0.4 is 5.32 Å². The Labute approximate surface area is 186 Å². The van der Waals surface area contributed by atoms with Gasteiger partial charge in [-0.15, -0.1) is 0 Å². The van der Waals surface area contributed by atoms with Crippen molar-refractivity contribution in [3.63, 3.8) is 0 Å². The van der Waals surface area contributed by atoms with Gasteiger partial charge in [0.1, 0.15) is 22.3 Å². The second-order valence-electron chi connectivity index (χ2n) is 7.33. The Balaban J connectivity index is 1.71. The molecule has 158 valence electrons. The second kappa shape index (κ2) is 8.28. The molecule has 2 heterocycles. The summed E-state index contributed by atoms with van der Waals surface area (Å²) in [6, 6.07) is 27.9. The molecule has 0 bridgehead atoms. The van der Waals surface area contributed by atoms with Crippen LogP contribution >= 0.6 is 0 Å². The Morgan fingerprint density at radius 1 is 0.781 bits per heavy atom. The molecule has 0 fully saturated rings. The zero-order chi connectivity index (χ0) is 22.0. The van der Waals surface area contributed by atoms with E-state index in [2.05, 4.69) is 15.3 Å². The van der Waals surface area contributed by atoms with Crippen molar-refractivity contribution in [2.45, 2.75) is 16.3 Å². The first-order valence-corrected chi connectivity index (χ1v) is 11.6. The number of aromatic nitrogens is 3. The van der Waals surface area contributed by atoms with Crippen molar-refractivity contribution in [1.82, 2.24) is 14.5 Å². The normalized spacial score (nSPS) is 11.5. The highest BCUT2D eigenvalue weighted by atomic mass is 32.2. The fourth-order valence-corrected chi connectivity index (χ4v) is 5.12. The van der Waals surface area contributed by atoms with Crippen LogP contribution in [0.15, 0.2) is 113 Å². The number of hydrogen-bond acceptors (Lipinski definition) is 5. The summed E-state index contributed by atoms with van der Waals surface area (Å²) in [5.74, 6) is 0.548. The average Bonchev–Trinajstić information content (AvgIpc) is 3.21. The molecule has 0 radical (unpaired) electrons. The summed E-state index contributed by atoms with van der Waals surface area (Å²) in [6.07, 6.45) is 3.05. The Morgan fingerprint density at radius 2 is 1.41 bits per heavy atom. The lowest BCUT2D eigenvalue weighted by Gasteiger charge is -2.10. The minimum Gasteiger partial charge on any atom is -0.338 e. The Bertz CT molecular complexity index is 1470. The number of anilines is 2. The Hall–Kier alpha value is -3.97. The third-order valence-corrected chi connectivity index (χ3v) is 6.96. The molecule has 0 atom stereocenters. The predicted molar refractivity (Wildman–Crippen MR) is 125 cm³/mol. The van der Waals surface area contributed by atoms with Crippen LogP contribution in [0.2, 0.25) is 0 Å². The fraction of sp³-hybridized carbons (Fsp3) is 0.0400. The summed E-state index contributed by atoms with van der Waals surface area (Å²) in [5, 5.41) is 3.31. The lowest BCUT2D eigenvalue weighted by Crippen LogP contribution is -2.02. The molecule has 0 unspecified atom stereocenters. The van der Waals surface area contributed by atoms with E-state index in [9.17, 15) is 8.42 Å². The maximum absolute atomic E-state index is 13.5. The van der Waals surface area contributed by atoms with E-state index in [-0.39, 0.29) is 9.79 Å². The van der Waals surface area contributed by atoms with Crippen LogP contribution in [-0.4, -0.2) is 23.0 Å². The van der Waals surface area contributed by atoms with Crippen LogP contribution in [0.5, 0.6) is 0 Å². The summed E-state index contributed by atoms with van der Waals surface area (Å²) in [6.45, 7) is 0.485. The summed E-state index contributed by atoms with van der Waals surface area (Å²) in [7, 11) is -3.77. The minimum absolute atomic E-state index is 0.160. The summed E-state index contributed by atoms with van der Waals surface area (Å²) in [4.78, 5) is 9.21. The largest absolute Gasteiger partial charge is 0.338 e. The smallest absolute Gasteiger partial charge is 0.210 e. The third kappa shape index (κ3) is 3.74. The first-order valence-electron chi connectivity index (χ1n) is 10.1. The first-order chi connectivity index (χ1) is 15.6. The maximum Gasteiger partial charge on any atom is 0.210 e. The summed E-state index contributed by atoms with van der Waals surface area (Å²) >= 11 is 0. The van der Waals surface area contributed by atoms with Gasteiger partial charge in [0.05, 0.1) is 4.90 Å². The van der Waals surface area contributed by atoms with Gasteiger partial charge < -0.3 is 9.88 Å². The highest BCUT2D eigenvalue weighted by Crippen LogP contribution is 2.33. The van der Waals surface area contributed by atoms with Gasteiger partial charge >= 0.3 is 0 Å². The lowest BCUT2D eigenvalue weighted by atomic mass is 10.2. The average molecular weight is 441 g/mol. The highest BCUT2D eigenvalue weighted by molar-refractivity contribution is 7.91. The van der Waals surface area contributed by atoms with Crippen molar-refractivity contribution >= 4 is 32.4 Å². The maximum atomic E-state index is 13.5. The summed E-state index contributed by atoms with van der Waals surface area (Å²) < 4.78 is 28.9. The van der Waals surface area contributed by atoms with Crippen molar-refractivity contribution in [1.29, 1.82) is 0 Å². The van der Waals surface area contributed by atoms with Crippen LogP contribution in [0.4, 0.5) is 11.5 Å². The highest BCUT2D eigenvalue weighted by Gasteiger charge is 2.26. The standard InChI is InChI=1S/C25H20N4O2S/c30-32(31,21-14-8-3-9-15-21)22-17-29(16-19-10-4-1-5-11-19)24-23(22)26-18-27-25(24)28-20-12-6-2-7-13-20/h1-15,17-18H,16H2,(H,26,27,28). The van der Waals surface area contributed by atoms with E-state index < -0.39 is 9.84 Å². The van der Waals surface area contributed by atoms with Gasteiger partial charge in [-0.05, 0) is 29.8 Å². The van der Waals surface area contributed by atoms with Crippen LogP contribution in [-0.2, 0) is 16.4 Å². The van der Waals surface area contributed by atoms with Gasteiger partial charge in [0.2, 0.25) is 9.84 Å². The van der Waals surface area contributed by atoms with Crippen molar-refractivity contribution in [3.05, 3.63) is 109 Å². The van der Waals surface area contributed by atoms with Crippen molar-refractivity contribution in [2.75, 3.05) is 5.32 Å². The zero-order valence-electron chi connectivity index (χ0n) is 17.1. The quantitative estimate of drug-likeness (QED) is 0.400.